The Bertz CT molecular complexity index is 514. The van der Waals surface area contributed by atoms with E-state index >= 15 is 0 Å². The average molecular weight is 277 g/mol. The highest BCUT2D eigenvalue weighted by Crippen LogP contribution is 2.26. The first-order chi connectivity index (χ1) is 9.54. The maximum Gasteiger partial charge on any atom is 0.339 e. The van der Waals surface area contributed by atoms with Crippen LogP contribution in [0.2, 0.25) is 0 Å². The molecule has 1 fully saturated rings. The summed E-state index contributed by atoms with van der Waals surface area (Å²) in [7, 11) is 3.00. The van der Waals surface area contributed by atoms with Gasteiger partial charge in [0, 0.05) is 7.05 Å². The summed E-state index contributed by atoms with van der Waals surface area (Å²) in [6.07, 6.45) is 0.817. The van der Waals surface area contributed by atoms with Gasteiger partial charge in [0.2, 0.25) is 5.91 Å². The van der Waals surface area contributed by atoms with E-state index in [-0.39, 0.29) is 17.9 Å². The van der Waals surface area contributed by atoms with Crippen molar-refractivity contribution in [3.63, 3.8) is 0 Å². The standard InChI is InChI=1S/C15H19NO4/c1-10-8-11(9-20-10)14(17)16(2)13-7-5-4-6-12(13)15(18)19-3/h4-7,10-11H,8-9H2,1-3H3. The van der Waals surface area contributed by atoms with Crippen LogP contribution in [-0.4, -0.2) is 38.7 Å². The van der Waals surface area contributed by atoms with E-state index in [0.29, 0.717) is 24.3 Å². The quantitative estimate of drug-likeness (QED) is 0.791. The molecule has 2 rings (SSSR count). The van der Waals surface area contributed by atoms with E-state index in [1.165, 1.54) is 12.0 Å². The molecule has 20 heavy (non-hydrogen) atoms. The molecule has 1 aromatic carbocycles. The van der Waals surface area contributed by atoms with Crippen LogP contribution >= 0.6 is 0 Å². The number of anilines is 1. The summed E-state index contributed by atoms with van der Waals surface area (Å²) in [5.74, 6) is -0.636. The Morgan fingerprint density at radius 3 is 2.65 bits per heavy atom. The molecule has 0 saturated carbocycles. The zero-order valence-corrected chi connectivity index (χ0v) is 12.0. The minimum atomic E-state index is -0.448. The van der Waals surface area contributed by atoms with Gasteiger partial charge in [-0.1, -0.05) is 12.1 Å². The van der Waals surface area contributed by atoms with E-state index in [1.807, 2.05) is 6.92 Å². The van der Waals surface area contributed by atoms with Crippen molar-refractivity contribution >= 4 is 17.6 Å². The Labute approximate surface area is 118 Å². The van der Waals surface area contributed by atoms with Crippen LogP contribution in [0, 0.1) is 5.92 Å². The van der Waals surface area contributed by atoms with Crippen LogP contribution in [0.15, 0.2) is 24.3 Å². The van der Waals surface area contributed by atoms with E-state index in [0.717, 1.165) is 0 Å². The average Bonchev–Trinajstić information content (AvgIpc) is 2.91. The molecule has 0 aromatic heterocycles. The molecule has 1 heterocycles. The molecule has 2 unspecified atom stereocenters. The van der Waals surface area contributed by atoms with Gasteiger partial charge in [-0.15, -0.1) is 0 Å². The molecule has 1 aliphatic rings. The predicted molar refractivity (Wildman–Crippen MR) is 74.7 cm³/mol. The molecule has 1 aliphatic heterocycles. The van der Waals surface area contributed by atoms with E-state index < -0.39 is 5.97 Å². The number of hydrogen-bond acceptors (Lipinski definition) is 4. The molecule has 1 saturated heterocycles. The fraction of sp³-hybridized carbons (Fsp3) is 0.467. The molecule has 0 N–H and O–H groups in total. The summed E-state index contributed by atoms with van der Waals surface area (Å²) >= 11 is 0. The Morgan fingerprint density at radius 1 is 1.35 bits per heavy atom. The predicted octanol–water partition coefficient (Wildman–Crippen LogP) is 1.86. The first-order valence-electron chi connectivity index (χ1n) is 6.61. The highest BCUT2D eigenvalue weighted by atomic mass is 16.5. The molecule has 2 atom stereocenters. The van der Waals surface area contributed by atoms with Gasteiger partial charge in [0.15, 0.2) is 0 Å². The van der Waals surface area contributed by atoms with E-state index in [1.54, 1.807) is 31.3 Å². The van der Waals surface area contributed by atoms with Gasteiger partial charge in [-0.2, -0.15) is 0 Å². The molecule has 108 valence electrons. The Balaban J connectivity index is 2.22. The lowest BCUT2D eigenvalue weighted by atomic mass is 10.0. The molecule has 0 radical (unpaired) electrons. The Morgan fingerprint density at radius 2 is 2.05 bits per heavy atom. The number of benzene rings is 1. The van der Waals surface area contributed by atoms with E-state index in [2.05, 4.69) is 0 Å². The number of rotatable bonds is 3. The van der Waals surface area contributed by atoms with Crippen molar-refractivity contribution < 1.29 is 19.1 Å². The highest BCUT2D eigenvalue weighted by molar-refractivity contribution is 6.03. The van der Waals surface area contributed by atoms with Crippen LogP contribution in [-0.2, 0) is 14.3 Å². The summed E-state index contributed by atoms with van der Waals surface area (Å²) in [6.45, 7) is 2.39. The minimum absolute atomic E-state index is 0.0364. The van der Waals surface area contributed by atoms with Crippen molar-refractivity contribution in [2.45, 2.75) is 19.4 Å². The fourth-order valence-corrected chi connectivity index (χ4v) is 2.43. The lowest BCUT2D eigenvalue weighted by molar-refractivity contribution is -0.122. The molecule has 5 nitrogen and oxygen atoms in total. The van der Waals surface area contributed by atoms with Gasteiger partial charge < -0.3 is 14.4 Å². The number of ether oxygens (including phenoxy) is 2. The maximum atomic E-state index is 12.4. The van der Waals surface area contributed by atoms with Crippen molar-refractivity contribution in [3.8, 4) is 0 Å². The van der Waals surface area contributed by atoms with Gasteiger partial charge in [0.05, 0.1) is 37.0 Å². The van der Waals surface area contributed by atoms with Crippen LogP contribution in [0.3, 0.4) is 0 Å². The van der Waals surface area contributed by atoms with Crippen LogP contribution in [0.5, 0.6) is 0 Å². The van der Waals surface area contributed by atoms with Gasteiger partial charge in [-0.05, 0) is 25.5 Å². The van der Waals surface area contributed by atoms with E-state index in [4.69, 9.17) is 9.47 Å². The minimum Gasteiger partial charge on any atom is -0.465 e. The smallest absolute Gasteiger partial charge is 0.339 e. The van der Waals surface area contributed by atoms with E-state index in [9.17, 15) is 9.59 Å². The van der Waals surface area contributed by atoms with Crippen molar-refractivity contribution in [1.82, 2.24) is 0 Å². The van der Waals surface area contributed by atoms with Crippen molar-refractivity contribution in [3.05, 3.63) is 29.8 Å². The normalized spacial score (nSPS) is 21.6. The molecular weight excluding hydrogens is 258 g/mol. The lowest BCUT2D eigenvalue weighted by Crippen LogP contribution is -2.34. The van der Waals surface area contributed by atoms with Crippen molar-refractivity contribution in [1.29, 1.82) is 0 Å². The first-order valence-corrected chi connectivity index (χ1v) is 6.61. The third kappa shape index (κ3) is 2.82. The number of carbonyl (C=O) groups is 2. The number of para-hydroxylation sites is 1. The van der Waals surface area contributed by atoms with Crippen molar-refractivity contribution in [2.75, 3.05) is 25.7 Å². The van der Waals surface area contributed by atoms with Crippen LogP contribution < -0.4 is 4.90 Å². The molecule has 1 aromatic rings. The molecule has 0 aliphatic carbocycles. The fourth-order valence-electron chi connectivity index (χ4n) is 2.43. The zero-order valence-electron chi connectivity index (χ0n) is 12.0. The van der Waals surface area contributed by atoms with Gasteiger partial charge in [-0.25, -0.2) is 4.79 Å². The molecular formula is C15H19NO4. The summed E-state index contributed by atoms with van der Waals surface area (Å²) < 4.78 is 10.2. The highest BCUT2D eigenvalue weighted by Gasteiger charge is 2.31. The Kier molecular flexibility index (Phi) is 4.39. The monoisotopic (exact) mass is 277 g/mol. The number of nitrogens with zero attached hydrogens (tertiary/aromatic N) is 1. The topological polar surface area (TPSA) is 55.8 Å². The lowest BCUT2D eigenvalue weighted by Gasteiger charge is -2.22. The molecule has 0 spiro atoms. The summed E-state index contributed by atoms with van der Waals surface area (Å²) in [4.78, 5) is 25.7. The third-order valence-electron chi connectivity index (χ3n) is 3.55. The van der Waals surface area contributed by atoms with Crippen LogP contribution in [0.1, 0.15) is 23.7 Å². The second-order valence-corrected chi connectivity index (χ2v) is 4.98. The molecule has 0 bridgehead atoms. The van der Waals surface area contributed by atoms with Gasteiger partial charge in [0.1, 0.15) is 0 Å². The number of methoxy groups -OCH3 is 1. The van der Waals surface area contributed by atoms with Crippen molar-refractivity contribution in [2.24, 2.45) is 5.92 Å². The first kappa shape index (κ1) is 14.5. The van der Waals surface area contributed by atoms with Gasteiger partial charge in [0.25, 0.3) is 0 Å². The molecule has 5 heteroatoms. The largest absolute Gasteiger partial charge is 0.465 e. The number of amides is 1. The Hall–Kier alpha value is -1.88. The maximum absolute atomic E-state index is 12.4. The second-order valence-electron chi connectivity index (χ2n) is 4.98. The number of carbonyl (C=O) groups excluding carboxylic acids is 2. The zero-order chi connectivity index (χ0) is 14.7. The molecule has 1 amide bonds. The third-order valence-corrected chi connectivity index (χ3v) is 3.55. The van der Waals surface area contributed by atoms with Crippen LogP contribution in [0.4, 0.5) is 5.69 Å². The summed E-state index contributed by atoms with van der Waals surface area (Å²) in [5.41, 5.74) is 0.946. The summed E-state index contributed by atoms with van der Waals surface area (Å²) in [6, 6.07) is 6.93. The van der Waals surface area contributed by atoms with Gasteiger partial charge in [-0.3, -0.25) is 4.79 Å². The van der Waals surface area contributed by atoms with Crippen LogP contribution in [0.25, 0.3) is 0 Å². The summed E-state index contributed by atoms with van der Waals surface area (Å²) in [5, 5.41) is 0. The second kappa shape index (κ2) is 6.05. The van der Waals surface area contributed by atoms with Gasteiger partial charge >= 0.3 is 5.97 Å². The SMILES string of the molecule is COC(=O)c1ccccc1N(C)C(=O)C1COC(C)C1. The number of esters is 1. The number of hydrogen-bond donors (Lipinski definition) is 0.